The zero-order chi connectivity index (χ0) is 26.6. The van der Waals surface area contributed by atoms with Gasteiger partial charge in [0, 0.05) is 46.7 Å². The summed E-state index contributed by atoms with van der Waals surface area (Å²) >= 11 is 12.7. The molecular weight excluding hydrogens is 535 g/mol. The number of hydrogen-bond donors (Lipinski definition) is 1. The van der Waals surface area contributed by atoms with Crippen LogP contribution in [0, 0.1) is 6.92 Å². The van der Waals surface area contributed by atoms with Crippen LogP contribution in [-0.2, 0) is 34.1 Å². The zero-order valence-corrected chi connectivity index (χ0v) is 22.8. The van der Waals surface area contributed by atoms with Crippen molar-refractivity contribution in [2.24, 2.45) is 5.73 Å². The van der Waals surface area contributed by atoms with Gasteiger partial charge in [0.2, 0.25) is 5.91 Å². The van der Waals surface area contributed by atoms with Gasteiger partial charge >= 0.3 is 0 Å². The molecule has 1 aliphatic carbocycles. The zero-order valence-electron chi connectivity index (χ0n) is 20.4. The van der Waals surface area contributed by atoms with Crippen LogP contribution in [-0.4, -0.2) is 49.5 Å². The van der Waals surface area contributed by atoms with Crippen LogP contribution in [0.15, 0.2) is 45.3 Å². The molecule has 1 unspecified atom stereocenters. The molecule has 2 aromatic rings. The van der Waals surface area contributed by atoms with E-state index in [0.717, 1.165) is 28.6 Å². The molecule has 37 heavy (non-hydrogen) atoms. The second-order valence-electron chi connectivity index (χ2n) is 9.54. The van der Waals surface area contributed by atoms with Crippen molar-refractivity contribution in [3.8, 4) is 0 Å². The summed E-state index contributed by atoms with van der Waals surface area (Å²) in [4.78, 5) is 35.0. The van der Waals surface area contributed by atoms with Crippen molar-refractivity contribution in [2.45, 2.75) is 43.7 Å². The highest BCUT2D eigenvalue weighted by Gasteiger charge is 2.38. The summed E-state index contributed by atoms with van der Waals surface area (Å²) in [5.41, 5.74) is 10.9. The Bertz CT molecular complexity index is 1520. The number of amides is 2. The molecule has 3 aliphatic rings. The molecule has 3 heterocycles. The number of nitrogens with zero attached hydrogens (tertiary/aromatic N) is 3. The number of anilines is 1. The number of aryl methyl sites for hydroxylation is 1. The molecule has 0 saturated heterocycles. The van der Waals surface area contributed by atoms with Crippen LogP contribution in [0.25, 0.3) is 0 Å². The third-order valence-electron chi connectivity index (χ3n) is 7.18. The molecule has 0 fully saturated rings. The predicted molar refractivity (Wildman–Crippen MR) is 142 cm³/mol. The third kappa shape index (κ3) is 4.58. The molecule has 2 N–H and O–H groups in total. The molecule has 1 aromatic carbocycles. The van der Waals surface area contributed by atoms with Crippen molar-refractivity contribution >= 4 is 50.5 Å². The van der Waals surface area contributed by atoms with Gasteiger partial charge in [-0.15, -0.1) is 0 Å². The average molecular weight is 561 g/mol. The van der Waals surface area contributed by atoms with Crippen molar-refractivity contribution in [3.63, 3.8) is 0 Å². The van der Waals surface area contributed by atoms with E-state index in [-0.39, 0.29) is 42.3 Å². The largest absolute Gasteiger partial charge is 0.326 e. The van der Waals surface area contributed by atoms with E-state index in [1.54, 1.807) is 23.1 Å². The molecule has 1 atom stereocenters. The maximum absolute atomic E-state index is 13.7. The minimum atomic E-state index is -3.34. The van der Waals surface area contributed by atoms with Gasteiger partial charge in [-0.3, -0.25) is 14.6 Å². The fourth-order valence-electron chi connectivity index (χ4n) is 5.37. The van der Waals surface area contributed by atoms with Crippen LogP contribution in [0.1, 0.15) is 50.8 Å². The molecule has 0 saturated carbocycles. The number of nitrogens with two attached hydrogens (primary N) is 1. The van der Waals surface area contributed by atoms with Crippen LogP contribution >= 0.6 is 23.2 Å². The van der Waals surface area contributed by atoms with Crippen LogP contribution in [0.2, 0.25) is 0 Å². The lowest BCUT2D eigenvalue weighted by atomic mass is 9.84. The summed E-state index contributed by atoms with van der Waals surface area (Å²) in [6, 6.07) is 4.78. The summed E-state index contributed by atoms with van der Waals surface area (Å²) < 4.78 is 23.8. The third-order valence-corrected chi connectivity index (χ3v) is 8.92. The van der Waals surface area contributed by atoms with Gasteiger partial charge in [-0.1, -0.05) is 29.3 Å². The molecule has 1 aromatic heterocycles. The highest BCUT2D eigenvalue weighted by Crippen LogP contribution is 2.42. The van der Waals surface area contributed by atoms with Crippen molar-refractivity contribution in [3.05, 3.63) is 74.1 Å². The Morgan fingerprint density at radius 3 is 2.70 bits per heavy atom. The van der Waals surface area contributed by atoms with Crippen molar-refractivity contribution in [2.75, 3.05) is 24.2 Å². The van der Waals surface area contributed by atoms with E-state index in [9.17, 15) is 18.0 Å². The van der Waals surface area contributed by atoms with Gasteiger partial charge in [0.1, 0.15) is 6.54 Å². The minimum Gasteiger partial charge on any atom is -0.326 e. The molecule has 0 bridgehead atoms. The Balaban J connectivity index is 1.43. The number of rotatable bonds is 5. The van der Waals surface area contributed by atoms with Gasteiger partial charge in [0.05, 0.1) is 22.7 Å². The summed E-state index contributed by atoms with van der Waals surface area (Å²) in [5, 5.41) is 1.07. The smallest absolute Gasteiger partial charge is 0.256 e. The first-order valence-electron chi connectivity index (χ1n) is 11.9. The van der Waals surface area contributed by atoms with Crippen LogP contribution in [0.3, 0.4) is 0 Å². The van der Waals surface area contributed by atoms with Gasteiger partial charge < -0.3 is 15.5 Å². The van der Waals surface area contributed by atoms with E-state index in [1.165, 1.54) is 11.0 Å². The lowest BCUT2D eigenvalue weighted by molar-refractivity contribution is -0.119. The molecule has 11 heteroatoms. The van der Waals surface area contributed by atoms with Gasteiger partial charge in [0.15, 0.2) is 9.84 Å². The lowest BCUT2D eigenvalue weighted by Gasteiger charge is -2.25. The SMILES string of the molecule is Cc1nc2c(c(C3CC=C(Cl)C=C3Cl)c1CN)C(=O)N(CC(=O)N1CCc3cc(S(C)(=O)=O)ccc31)C2. The lowest BCUT2D eigenvalue weighted by Crippen LogP contribution is -2.40. The Morgan fingerprint density at radius 1 is 1.27 bits per heavy atom. The van der Waals surface area contributed by atoms with E-state index >= 15 is 0 Å². The first kappa shape index (κ1) is 25.9. The van der Waals surface area contributed by atoms with E-state index < -0.39 is 9.84 Å². The number of allylic oxidation sites excluding steroid dienone is 4. The molecule has 194 valence electrons. The number of aromatic nitrogens is 1. The minimum absolute atomic E-state index is 0.126. The van der Waals surface area contributed by atoms with Crippen molar-refractivity contribution in [1.82, 2.24) is 9.88 Å². The summed E-state index contributed by atoms with van der Waals surface area (Å²) in [5.74, 6) is -0.792. The maximum atomic E-state index is 13.7. The molecule has 0 spiro atoms. The van der Waals surface area contributed by atoms with Gasteiger partial charge in [0.25, 0.3) is 5.91 Å². The Kier molecular flexibility index (Phi) is 6.68. The van der Waals surface area contributed by atoms with Crippen LogP contribution in [0.4, 0.5) is 5.69 Å². The standard InChI is InChI=1S/C26H26Cl2N4O4S/c1-14-19(11-29)24(18-5-3-16(27)10-20(18)28)25-21(30-14)12-31(26(25)34)13-23(33)32-8-7-15-9-17(37(2,35)36)4-6-22(15)32/h3-4,6,9-10,18H,5,7-8,11-13,29H2,1-2H3. The number of hydrogen-bond acceptors (Lipinski definition) is 6. The predicted octanol–water partition coefficient (Wildman–Crippen LogP) is 3.53. The van der Waals surface area contributed by atoms with E-state index in [1.807, 2.05) is 13.0 Å². The Labute approximate surface area is 225 Å². The van der Waals surface area contributed by atoms with Gasteiger partial charge in [-0.2, -0.15) is 0 Å². The normalized spacial score (nSPS) is 19.1. The number of benzene rings is 1. The second-order valence-corrected chi connectivity index (χ2v) is 12.4. The highest BCUT2D eigenvalue weighted by atomic mass is 35.5. The quantitative estimate of drug-likeness (QED) is 0.598. The summed E-state index contributed by atoms with van der Waals surface area (Å²) in [6.45, 7) is 2.56. The average Bonchev–Trinajstić information content (AvgIpc) is 3.38. The molecule has 0 radical (unpaired) electrons. The van der Waals surface area contributed by atoms with Gasteiger partial charge in [-0.05, 0) is 60.7 Å². The molecular formula is C26H26Cl2N4O4S. The van der Waals surface area contributed by atoms with Crippen LogP contribution in [0.5, 0.6) is 0 Å². The number of fused-ring (bicyclic) bond motifs is 2. The van der Waals surface area contributed by atoms with E-state index in [0.29, 0.717) is 46.4 Å². The fourth-order valence-corrected chi connectivity index (χ4v) is 6.62. The molecule has 8 nitrogen and oxygen atoms in total. The van der Waals surface area contributed by atoms with Crippen molar-refractivity contribution < 1.29 is 18.0 Å². The van der Waals surface area contributed by atoms with Gasteiger partial charge in [-0.25, -0.2) is 8.42 Å². The maximum Gasteiger partial charge on any atom is 0.256 e. The molecule has 2 aliphatic heterocycles. The fraction of sp³-hybridized carbons (Fsp3) is 0.346. The first-order chi connectivity index (χ1) is 17.5. The number of pyridine rings is 1. The first-order valence-corrected chi connectivity index (χ1v) is 14.5. The number of carbonyl (C=O) groups excluding carboxylic acids is 2. The second kappa shape index (κ2) is 9.54. The topological polar surface area (TPSA) is 114 Å². The molecule has 2 amide bonds. The molecule has 5 rings (SSSR count). The monoisotopic (exact) mass is 560 g/mol. The summed E-state index contributed by atoms with van der Waals surface area (Å²) in [7, 11) is -3.34. The summed E-state index contributed by atoms with van der Waals surface area (Å²) in [6.07, 6.45) is 5.78. The number of carbonyl (C=O) groups is 2. The Hall–Kier alpha value is -2.72. The van der Waals surface area contributed by atoms with Crippen molar-refractivity contribution in [1.29, 1.82) is 0 Å². The van der Waals surface area contributed by atoms with E-state index in [4.69, 9.17) is 28.9 Å². The highest BCUT2D eigenvalue weighted by molar-refractivity contribution is 7.90. The Morgan fingerprint density at radius 2 is 2.03 bits per heavy atom. The number of sulfone groups is 1. The van der Waals surface area contributed by atoms with E-state index in [2.05, 4.69) is 4.98 Å². The van der Waals surface area contributed by atoms with Crippen LogP contribution < -0.4 is 10.6 Å². The number of halogens is 2.